The van der Waals surface area contributed by atoms with Crippen molar-refractivity contribution in [2.24, 2.45) is 0 Å². The molecule has 3 aromatic heterocycles. The van der Waals surface area contributed by atoms with Gasteiger partial charge in [-0.1, -0.05) is 152 Å². The summed E-state index contributed by atoms with van der Waals surface area (Å²) in [5, 5.41) is 5.12. The number of rotatable bonds is 5. The molecular formula is C46H29N3S. The molecule has 0 unspecified atom stereocenters. The zero-order chi connectivity index (χ0) is 33.0. The molecule has 3 heterocycles. The van der Waals surface area contributed by atoms with E-state index in [2.05, 4.69) is 168 Å². The number of hydrogen-bond acceptors (Lipinski definition) is 3. The summed E-state index contributed by atoms with van der Waals surface area (Å²) in [5.41, 5.74) is 11.0. The van der Waals surface area contributed by atoms with Crippen LogP contribution >= 0.6 is 11.3 Å². The van der Waals surface area contributed by atoms with Gasteiger partial charge in [0.25, 0.3) is 0 Å². The molecule has 234 valence electrons. The lowest BCUT2D eigenvalue weighted by molar-refractivity contribution is 1.18. The van der Waals surface area contributed by atoms with Crippen LogP contribution in [0.5, 0.6) is 0 Å². The first kappa shape index (κ1) is 28.6. The summed E-state index contributed by atoms with van der Waals surface area (Å²) < 4.78 is 5.03. The van der Waals surface area contributed by atoms with Gasteiger partial charge in [-0.2, -0.15) is 0 Å². The number of aromatic nitrogens is 3. The molecular weight excluding hydrogens is 627 g/mol. The van der Waals surface area contributed by atoms with Crippen molar-refractivity contribution < 1.29 is 0 Å². The Morgan fingerprint density at radius 1 is 0.400 bits per heavy atom. The van der Waals surface area contributed by atoms with Crippen LogP contribution in [0.2, 0.25) is 0 Å². The highest BCUT2D eigenvalue weighted by molar-refractivity contribution is 7.27. The van der Waals surface area contributed by atoms with Gasteiger partial charge < -0.3 is 4.57 Å². The third kappa shape index (κ3) is 4.65. The van der Waals surface area contributed by atoms with Crippen molar-refractivity contribution in [3.63, 3.8) is 0 Å². The largest absolute Gasteiger partial charge is 0.308 e. The Morgan fingerprint density at radius 3 is 1.66 bits per heavy atom. The monoisotopic (exact) mass is 655 g/mol. The Morgan fingerprint density at radius 2 is 0.960 bits per heavy atom. The van der Waals surface area contributed by atoms with E-state index in [1.807, 2.05) is 23.5 Å². The van der Waals surface area contributed by atoms with Crippen molar-refractivity contribution in [1.29, 1.82) is 0 Å². The topological polar surface area (TPSA) is 30.7 Å². The lowest BCUT2D eigenvalue weighted by atomic mass is 10.0. The highest BCUT2D eigenvalue weighted by Crippen LogP contribution is 2.45. The fourth-order valence-electron chi connectivity index (χ4n) is 7.27. The third-order valence-electron chi connectivity index (χ3n) is 9.63. The fourth-order valence-corrected chi connectivity index (χ4v) is 8.64. The average Bonchev–Trinajstić information content (AvgIpc) is 3.75. The number of fused-ring (bicyclic) bond motifs is 7. The van der Waals surface area contributed by atoms with Gasteiger partial charge in [0, 0.05) is 48.6 Å². The molecule has 0 amide bonds. The molecule has 0 saturated heterocycles. The van der Waals surface area contributed by atoms with Crippen molar-refractivity contribution in [2.75, 3.05) is 0 Å². The molecule has 3 nitrogen and oxygen atoms in total. The van der Waals surface area contributed by atoms with Gasteiger partial charge in [-0.3, -0.25) is 0 Å². The van der Waals surface area contributed by atoms with Crippen molar-refractivity contribution in [2.45, 2.75) is 0 Å². The van der Waals surface area contributed by atoms with Crippen LogP contribution in [0.1, 0.15) is 0 Å². The van der Waals surface area contributed by atoms with E-state index in [0.29, 0.717) is 5.82 Å². The first-order valence-electron chi connectivity index (χ1n) is 16.8. The summed E-state index contributed by atoms with van der Waals surface area (Å²) in [7, 11) is 0. The van der Waals surface area contributed by atoms with Crippen LogP contribution in [0, 0.1) is 0 Å². The maximum absolute atomic E-state index is 5.05. The number of para-hydroxylation sites is 2. The minimum Gasteiger partial charge on any atom is -0.308 e. The number of thiophene rings is 1. The van der Waals surface area contributed by atoms with E-state index in [9.17, 15) is 0 Å². The molecule has 0 fully saturated rings. The Kier molecular flexibility index (Phi) is 6.68. The van der Waals surface area contributed by atoms with Crippen LogP contribution in [-0.4, -0.2) is 14.5 Å². The fraction of sp³-hybridized carbons (Fsp3) is 0. The molecule has 0 bridgehead atoms. The molecule has 0 aliphatic rings. The van der Waals surface area contributed by atoms with Gasteiger partial charge in [-0.15, -0.1) is 11.3 Å². The molecule has 0 atom stereocenters. The Labute approximate surface area is 293 Å². The third-order valence-corrected chi connectivity index (χ3v) is 10.9. The average molecular weight is 656 g/mol. The summed E-state index contributed by atoms with van der Waals surface area (Å²) in [5.74, 6) is 0.716. The highest BCUT2D eigenvalue weighted by Gasteiger charge is 2.19. The van der Waals surface area contributed by atoms with Gasteiger partial charge in [0.2, 0.25) is 0 Å². The Hall–Kier alpha value is -6.36. The molecule has 0 aliphatic carbocycles. The second-order valence-electron chi connectivity index (χ2n) is 12.6. The van der Waals surface area contributed by atoms with Gasteiger partial charge >= 0.3 is 0 Å². The van der Waals surface area contributed by atoms with E-state index < -0.39 is 0 Å². The van der Waals surface area contributed by atoms with Gasteiger partial charge in [0.15, 0.2) is 5.82 Å². The molecule has 0 spiro atoms. The Balaban J connectivity index is 1.12. The van der Waals surface area contributed by atoms with E-state index in [-0.39, 0.29) is 0 Å². The molecule has 10 aromatic rings. The second-order valence-corrected chi connectivity index (χ2v) is 13.6. The van der Waals surface area contributed by atoms with E-state index in [1.54, 1.807) is 0 Å². The molecule has 0 saturated carbocycles. The van der Waals surface area contributed by atoms with Crippen molar-refractivity contribution in [1.82, 2.24) is 14.5 Å². The molecule has 0 N–H and O–H groups in total. The van der Waals surface area contributed by atoms with Crippen molar-refractivity contribution in [3.05, 3.63) is 176 Å². The first-order chi connectivity index (χ1) is 24.8. The van der Waals surface area contributed by atoms with Crippen LogP contribution in [0.15, 0.2) is 176 Å². The Bertz CT molecular complexity index is 2780. The van der Waals surface area contributed by atoms with Crippen molar-refractivity contribution >= 4 is 53.3 Å². The lowest BCUT2D eigenvalue weighted by Crippen LogP contribution is -1.95. The minimum absolute atomic E-state index is 0.716. The van der Waals surface area contributed by atoms with E-state index >= 15 is 0 Å². The van der Waals surface area contributed by atoms with Crippen LogP contribution in [0.25, 0.3) is 92.7 Å². The van der Waals surface area contributed by atoms with Crippen LogP contribution in [0.4, 0.5) is 0 Å². The number of nitrogens with zero attached hydrogens (tertiary/aromatic N) is 3. The maximum Gasteiger partial charge on any atom is 0.160 e. The van der Waals surface area contributed by atoms with Gasteiger partial charge in [0.1, 0.15) is 0 Å². The molecule has 7 aromatic carbocycles. The quantitative estimate of drug-likeness (QED) is 0.185. The first-order valence-corrected chi connectivity index (χ1v) is 17.7. The predicted molar refractivity (Wildman–Crippen MR) is 211 cm³/mol. The number of hydrogen-bond donors (Lipinski definition) is 0. The summed E-state index contributed by atoms with van der Waals surface area (Å²) in [6.07, 6.45) is 0. The molecule has 50 heavy (non-hydrogen) atoms. The molecule has 0 aliphatic heterocycles. The standard InChI is InChI=1S/C46H29N3S/c1-4-13-31(14-5-1)40-29-41(32-15-6-2-7-16-32)48-46(47-40)33-25-23-30(24-26-33)35-20-12-21-38-39-28-27-37-36-19-10-11-22-42(36)49(34-17-8-3-9-18-34)43(37)45(39)50-44(35)38/h1-29H. The highest BCUT2D eigenvalue weighted by atomic mass is 32.1. The van der Waals surface area contributed by atoms with E-state index in [1.165, 1.54) is 58.8 Å². The minimum atomic E-state index is 0.716. The molecule has 10 rings (SSSR count). The maximum atomic E-state index is 5.05. The normalized spacial score (nSPS) is 11.6. The summed E-state index contributed by atoms with van der Waals surface area (Å²) in [6, 6.07) is 62.3. The summed E-state index contributed by atoms with van der Waals surface area (Å²) >= 11 is 1.89. The van der Waals surface area contributed by atoms with Gasteiger partial charge in [0.05, 0.1) is 27.1 Å². The van der Waals surface area contributed by atoms with Crippen LogP contribution in [0.3, 0.4) is 0 Å². The van der Waals surface area contributed by atoms with Crippen LogP contribution in [-0.2, 0) is 0 Å². The SMILES string of the molecule is c1ccc(-c2cc(-c3ccccc3)nc(-c3ccc(-c4cccc5c4sc4c5ccc5c6ccccc6n(-c6ccccc6)c54)cc3)n2)cc1. The smallest absolute Gasteiger partial charge is 0.160 e. The lowest BCUT2D eigenvalue weighted by Gasteiger charge is -2.10. The summed E-state index contributed by atoms with van der Waals surface area (Å²) in [6.45, 7) is 0. The van der Waals surface area contributed by atoms with Gasteiger partial charge in [-0.25, -0.2) is 9.97 Å². The zero-order valence-electron chi connectivity index (χ0n) is 27.0. The van der Waals surface area contributed by atoms with E-state index in [4.69, 9.17) is 9.97 Å². The van der Waals surface area contributed by atoms with Crippen LogP contribution < -0.4 is 0 Å². The van der Waals surface area contributed by atoms with Gasteiger partial charge in [-0.05, 0) is 35.4 Å². The second kappa shape index (κ2) is 11.7. The predicted octanol–water partition coefficient (Wildman–Crippen LogP) is 12.6. The van der Waals surface area contributed by atoms with E-state index in [0.717, 1.165) is 28.1 Å². The molecule has 0 radical (unpaired) electrons. The summed E-state index contributed by atoms with van der Waals surface area (Å²) in [4.78, 5) is 10.1. The molecule has 4 heteroatoms. The zero-order valence-corrected chi connectivity index (χ0v) is 27.8. The number of benzene rings is 7. The van der Waals surface area contributed by atoms with Crippen molar-refractivity contribution in [3.8, 4) is 50.7 Å².